The van der Waals surface area contributed by atoms with Crippen molar-refractivity contribution >= 4 is 17.3 Å². The van der Waals surface area contributed by atoms with Crippen molar-refractivity contribution in [1.29, 1.82) is 0 Å². The summed E-state index contributed by atoms with van der Waals surface area (Å²) in [6.07, 6.45) is 4.94. The average molecular weight is 540 g/mol. The van der Waals surface area contributed by atoms with E-state index in [0.29, 0.717) is 25.0 Å². The number of fused-ring (bicyclic) bond motifs is 1. The lowest BCUT2D eigenvalue weighted by molar-refractivity contribution is 0.0631. The minimum absolute atomic E-state index is 0.0990. The van der Waals surface area contributed by atoms with Crippen LogP contribution in [-0.4, -0.2) is 82.3 Å². The fraction of sp³-hybridized carbons (Fsp3) is 0.469. The number of hydrogen-bond acceptors (Lipinski definition) is 6. The van der Waals surface area contributed by atoms with Crippen LogP contribution in [0.15, 0.2) is 54.7 Å². The molecule has 1 aliphatic carbocycles. The molecule has 0 unspecified atom stereocenters. The molecule has 2 aromatic carbocycles. The molecule has 0 bridgehead atoms. The highest BCUT2D eigenvalue weighted by Crippen LogP contribution is 2.44. The number of likely N-dealkylation sites (N-methyl/N-ethyl adjacent to an activating group) is 2. The maximum absolute atomic E-state index is 13.6. The quantitative estimate of drug-likeness (QED) is 0.449. The van der Waals surface area contributed by atoms with E-state index >= 15 is 0 Å². The fourth-order valence-electron chi connectivity index (χ4n) is 6.52. The number of rotatable bonds is 5. The Labute approximate surface area is 237 Å². The average Bonchev–Trinajstić information content (AvgIpc) is 3.67. The van der Waals surface area contributed by atoms with Crippen LogP contribution in [0.3, 0.4) is 0 Å². The lowest BCUT2D eigenvalue weighted by atomic mass is 9.99. The molecule has 40 heavy (non-hydrogen) atoms. The Morgan fingerprint density at radius 3 is 2.38 bits per heavy atom. The van der Waals surface area contributed by atoms with Gasteiger partial charge in [0, 0.05) is 50.5 Å². The molecule has 2 aliphatic heterocycles. The Bertz CT molecular complexity index is 1400. The Morgan fingerprint density at radius 1 is 1.00 bits per heavy atom. The van der Waals surface area contributed by atoms with Gasteiger partial charge < -0.3 is 19.6 Å². The third-order valence-corrected chi connectivity index (χ3v) is 9.11. The minimum Gasteiger partial charge on any atom is -0.359 e. The normalized spacial score (nSPS) is 20.4. The van der Waals surface area contributed by atoms with Gasteiger partial charge in [-0.1, -0.05) is 44.0 Å². The predicted octanol–water partition coefficient (Wildman–Crippen LogP) is 5.12. The van der Waals surface area contributed by atoms with Crippen LogP contribution in [0.5, 0.6) is 0 Å². The maximum Gasteiger partial charge on any atom is 0.293 e. The number of hydrogen-bond donors (Lipinski definition) is 0. The Balaban J connectivity index is 1.43. The zero-order valence-electron chi connectivity index (χ0n) is 24.3. The van der Waals surface area contributed by atoms with Gasteiger partial charge in [0.15, 0.2) is 5.82 Å². The van der Waals surface area contributed by atoms with Gasteiger partial charge in [-0.3, -0.25) is 4.79 Å². The highest BCUT2D eigenvalue weighted by Gasteiger charge is 2.36. The maximum atomic E-state index is 13.6. The third-order valence-electron chi connectivity index (χ3n) is 9.11. The molecule has 8 heteroatoms. The van der Waals surface area contributed by atoms with Crippen molar-refractivity contribution in [3.8, 4) is 17.1 Å². The molecule has 210 valence electrons. The van der Waals surface area contributed by atoms with Crippen LogP contribution < -0.4 is 9.80 Å². The summed E-state index contributed by atoms with van der Waals surface area (Å²) in [5.41, 5.74) is 6.50. The smallest absolute Gasteiger partial charge is 0.293 e. The monoisotopic (exact) mass is 539 g/mol. The standard InChI is InChI=1S/C32H41N7O/c1-6-36-17-19-37(20-18-36)32(40)30-33-31(39(34-30)27-14-11-22(2)12-15-27)25-13-16-28-29(21-25)38(26-9-7-8-10-26)24(4)23(3)35(28)5/h11-16,21,24,26H,3,6-10,17-20H2,1-2,4-5H3/t24-/m1/s1. The van der Waals surface area contributed by atoms with Gasteiger partial charge in [0.1, 0.15) is 0 Å². The van der Waals surface area contributed by atoms with Crippen LogP contribution in [0.4, 0.5) is 11.4 Å². The second-order valence-electron chi connectivity index (χ2n) is 11.5. The van der Waals surface area contributed by atoms with E-state index in [9.17, 15) is 4.79 Å². The molecule has 1 saturated heterocycles. The zero-order chi connectivity index (χ0) is 28.0. The van der Waals surface area contributed by atoms with E-state index in [4.69, 9.17) is 10.1 Å². The highest BCUT2D eigenvalue weighted by atomic mass is 16.2. The van der Waals surface area contributed by atoms with E-state index in [1.807, 2.05) is 21.7 Å². The SMILES string of the molecule is C=C1[C@@H](C)N(C2CCCC2)c2cc(-c3nc(C(=O)N4CCN(CC)CC4)nn3-c3ccc(C)cc3)ccc2N1C. The lowest BCUT2D eigenvalue weighted by Crippen LogP contribution is -2.48. The second-order valence-corrected chi connectivity index (χ2v) is 11.5. The summed E-state index contributed by atoms with van der Waals surface area (Å²) in [5, 5.41) is 4.81. The molecule has 1 aromatic heterocycles. The Morgan fingerprint density at radius 2 is 1.70 bits per heavy atom. The first-order chi connectivity index (χ1) is 19.4. The van der Waals surface area contributed by atoms with Crippen molar-refractivity contribution < 1.29 is 4.79 Å². The number of anilines is 2. The Kier molecular flexibility index (Phi) is 7.13. The van der Waals surface area contributed by atoms with E-state index < -0.39 is 0 Å². The molecule has 2 fully saturated rings. The number of piperazine rings is 1. The summed E-state index contributed by atoms with van der Waals surface area (Å²) in [6.45, 7) is 15.1. The van der Waals surface area contributed by atoms with Crippen molar-refractivity contribution in [2.75, 3.05) is 49.6 Å². The molecule has 3 aromatic rings. The number of benzene rings is 2. The van der Waals surface area contributed by atoms with Crippen LogP contribution >= 0.6 is 0 Å². The molecule has 3 heterocycles. The summed E-state index contributed by atoms with van der Waals surface area (Å²) in [5.74, 6) is 0.844. The van der Waals surface area contributed by atoms with Gasteiger partial charge in [0.05, 0.1) is 23.1 Å². The number of amides is 1. The predicted molar refractivity (Wildman–Crippen MR) is 161 cm³/mol. The van der Waals surface area contributed by atoms with Crippen LogP contribution in [0, 0.1) is 6.92 Å². The van der Waals surface area contributed by atoms with Gasteiger partial charge in [-0.15, -0.1) is 5.10 Å². The van der Waals surface area contributed by atoms with Crippen molar-refractivity contribution in [3.05, 3.63) is 66.1 Å². The number of aromatic nitrogens is 3. The summed E-state index contributed by atoms with van der Waals surface area (Å²) in [7, 11) is 2.10. The molecule has 3 aliphatic rings. The van der Waals surface area contributed by atoms with E-state index in [1.54, 1.807) is 0 Å². The summed E-state index contributed by atoms with van der Waals surface area (Å²) in [6, 6.07) is 15.5. The molecular formula is C32H41N7O. The number of carbonyl (C=O) groups excluding carboxylic acids is 1. The van der Waals surface area contributed by atoms with Crippen molar-refractivity contribution in [2.24, 2.45) is 0 Å². The molecule has 6 rings (SSSR count). The summed E-state index contributed by atoms with van der Waals surface area (Å²) < 4.78 is 1.84. The fourth-order valence-corrected chi connectivity index (χ4v) is 6.52. The van der Waals surface area contributed by atoms with E-state index in [-0.39, 0.29) is 17.8 Å². The van der Waals surface area contributed by atoms with Crippen LogP contribution in [0.1, 0.15) is 55.7 Å². The molecule has 8 nitrogen and oxygen atoms in total. The first-order valence-corrected chi connectivity index (χ1v) is 14.8. The van der Waals surface area contributed by atoms with E-state index in [0.717, 1.165) is 42.3 Å². The lowest BCUT2D eigenvalue weighted by Gasteiger charge is -2.46. The van der Waals surface area contributed by atoms with Crippen LogP contribution in [-0.2, 0) is 0 Å². The molecule has 0 radical (unpaired) electrons. The van der Waals surface area contributed by atoms with Gasteiger partial charge in [-0.2, -0.15) is 0 Å². The van der Waals surface area contributed by atoms with Crippen molar-refractivity contribution in [2.45, 2.75) is 58.5 Å². The largest absolute Gasteiger partial charge is 0.359 e. The van der Waals surface area contributed by atoms with Gasteiger partial charge in [-0.05, 0) is 63.6 Å². The van der Waals surface area contributed by atoms with Crippen molar-refractivity contribution in [3.63, 3.8) is 0 Å². The van der Waals surface area contributed by atoms with Crippen LogP contribution in [0.25, 0.3) is 17.1 Å². The highest BCUT2D eigenvalue weighted by molar-refractivity contribution is 5.91. The van der Waals surface area contributed by atoms with Crippen LogP contribution in [0.2, 0.25) is 0 Å². The molecule has 0 spiro atoms. The molecule has 1 saturated carbocycles. The van der Waals surface area contributed by atoms with E-state index in [2.05, 4.69) is 79.4 Å². The first-order valence-electron chi connectivity index (χ1n) is 14.8. The molecular weight excluding hydrogens is 498 g/mol. The zero-order valence-corrected chi connectivity index (χ0v) is 24.3. The number of nitrogens with zero attached hydrogens (tertiary/aromatic N) is 7. The number of carbonyl (C=O) groups is 1. The number of aryl methyl sites for hydroxylation is 1. The van der Waals surface area contributed by atoms with E-state index in [1.165, 1.54) is 36.9 Å². The second kappa shape index (κ2) is 10.7. The van der Waals surface area contributed by atoms with Gasteiger partial charge in [0.25, 0.3) is 5.91 Å². The topological polar surface area (TPSA) is 60.7 Å². The van der Waals surface area contributed by atoms with Gasteiger partial charge >= 0.3 is 0 Å². The first kappa shape index (κ1) is 26.6. The van der Waals surface area contributed by atoms with Crippen molar-refractivity contribution in [1.82, 2.24) is 24.6 Å². The molecule has 1 atom stereocenters. The summed E-state index contributed by atoms with van der Waals surface area (Å²) >= 11 is 0. The Hall–Kier alpha value is -3.65. The summed E-state index contributed by atoms with van der Waals surface area (Å²) in [4.78, 5) is 27.6. The minimum atomic E-state index is -0.0990. The van der Waals surface area contributed by atoms with Gasteiger partial charge in [-0.25, -0.2) is 9.67 Å². The molecule has 0 N–H and O–H groups in total. The molecule has 1 amide bonds. The third kappa shape index (κ3) is 4.68. The van der Waals surface area contributed by atoms with Gasteiger partial charge in [0.2, 0.25) is 5.82 Å².